The van der Waals surface area contributed by atoms with Crippen LogP contribution in [0.5, 0.6) is 0 Å². The van der Waals surface area contributed by atoms with Crippen LogP contribution in [0.2, 0.25) is 0 Å². The second kappa shape index (κ2) is 9.10. The molecule has 2 aromatic carbocycles. The van der Waals surface area contributed by atoms with Gasteiger partial charge in [-0.3, -0.25) is 9.59 Å². The van der Waals surface area contributed by atoms with Gasteiger partial charge in [-0.25, -0.2) is 8.42 Å². The first-order valence-electron chi connectivity index (χ1n) is 10.5. The molecule has 7 nitrogen and oxygen atoms in total. The van der Waals surface area contributed by atoms with Gasteiger partial charge in [0.05, 0.1) is 11.4 Å². The lowest BCUT2D eigenvalue weighted by Gasteiger charge is -2.34. The molecule has 0 aliphatic carbocycles. The predicted molar refractivity (Wildman–Crippen MR) is 122 cm³/mol. The van der Waals surface area contributed by atoms with E-state index < -0.39 is 10.0 Å². The van der Waals surface area contributed by atoms with Gasteiger partial charge in [0.15, 0.2) is 0 Å². The molecule has 1 fully saturated rings. The van der Waals surface area contributed by atoms with E-state index in [1.54, 1.807) is 47.5 Å². The van der Waals surface area contributed by atoms with Gasteiger partial charge in [-0.2, -0.15) is 4.31 Å². The molecular weight excluding hydrogens is 426 g/mol. The molecule has 1 aliphatic rings. The summed E-state index contributed by atoms with van der Waals surface area (Å²) in [6, 6.07) is 19.4. The molecule has 0 N–H and O–H groups in total. The van der Waals surface area contributed by atoms with Crippen molar-refractivity contribution in [1.82, 2.24) is 13.8 Å². The van der Waals surface area contributed by atoms with Crippen molar-refractivity contribution in [2.75, 3.05) is 26.2 Å². The van der Waals surface area contributed by atoms with Crippen LogP contribution in [0, 0.1) is 6.92 Å². The zero-order chi connectivity index (χ0) is 22.7. The number of rotatable bonds is 5. The zero-order valence-corrected chi connectivity index (χ0v) is 18.7. The molecule has 1 aliphatic heterocycles. The number of carbonyl (C=O) groups is 1. The van der Waals surface area contributed by atoms with E-state index in [1.165, 1.54) is 14.9 Å². The Kier molecular flexibility index (Phi) is 6.25. The molecule has 3 aromatic rings. The smallest absolute Gasteiger partial charge is 0.263 e. The molecule has 1 aromatic heterocycles. The van der Waals surface area contributed by atoms with Gasteiger partial charge in [0.25, 0.3) is 11.5 Å². The molecule has 0 bridgehead atoms. The number of aromatic nitrogens is 1. The fraction of sp³-hybridized carbons (Fsp3) is 0.250. The van der Waals surface area contributed by atoms with Crippen molar-refractivity contribution in [3.05, 3.63) is 100.0 Å². The number of sulfonamides is 1. The molecular formula is C24H25N3O4S. The molecule has 8 heteroatoms. The fourth-order valence-corrected chi connectivity index (χ4v) is 5.32. The normalized spacial score (nSPS) is 15.0. The standard InChI is InChI=1S/C24H25N3O4S/c1-19-7-5-8-20(17-19)18-26-12-6-11-22(24(26)29)23(28)25-13-15-27(16-14-25)32(30,31)21-9-3-2-4-10-21/h2-12,17H,13-16,18H2,1H3. The molecule has 166 valence electrons. The van der Waals surface area contributed by atoms with Gasteiger partial charge in [0.1, 0.15) is 5.56 Å². The molecule has 1 amide bonds. The van der Waals surface area contributed by atoms with Gasteiger partial charge in [-0.1, -0.05) is 48.0 Å². The third-order valence-corrected chi connectivity index (χ3v) is 7.51. The highest BCUT2D eigenvalue weighted by Crippen LogP contribution is 2.18. The van der Waals surface area contributed by atoms with Crippen molar-refractivity contribution in [3.8, 4) is 0 Å². The van der Waals surface area contributed by atoms with Crippen molar-refractivity contribution < 1.29 is 13.2 Å². The monoisotopic (exact) mass is 451 g/mol. The van der Waals surface area contributed by atoms with Crippen LogP contribution in [-0.2, 0) is 16.6 Å². The maximum atomic E-state index is 13.1. The van der Waals surface area contributed by atoms with Crippen LogP contribution in [-0.4, -0.2) is 54.3 Å². The summed E-state index contributed by atoms with van der Waals surface area (Å²) in [7, 11) is -3.60. The Morgan fingerprint density at radius 3 is 2.31 bits per heavy atom. The Bertz CT molecular complexity index is 1280. The van der Waals surface area contributed by atoms with Crippen LogP contribution in [0.4, 0.5) is 0 Å². The van der Waals surface area contributed by atoms with Crippen LogP contribution in [0.1, 0.15) is 21.5 Å². The molecule has 2 heterocycles. The first kappa shape index (κ1) is 22.0. The maximum absolute atomic E-state index is 13.1. The van der Waals surface area contributed by atoms with Crippen LogP contribution in [0.3, 0.4) is 0 Å². The number of nitrogens with zero attached hydrogens (tertiary/aromatic N) is 3. The van der Waals surface area contributed by atoms with Gasteiger partial charge in [-0.05, 0) is 36.8 Å². The summed E-state index contributed by atoms with van der Waals surface area (Å²) >= 11 is 0. The van der Waals surface area contributed by atoms with Gasteiger partial charge in [-0.15, -0.1) is 0 Å². The lowest BCUT2D eigenvalue weighted by atomic mass is 10.1. The van der Waals surface area contributed by atoms with Gasteiger partial charge in [0, 0.05) is 32.4 Å². The fourth-order valence-electron chi connectivity index (χ4n) is 3.87. The van der Waals surface area contributed by atoms with E-state index in [9.17, 15) is 18.0 Å². The minimum absolute atomic E-state index is 0.0968. The van der Waals surface area contributed by atoms with Crippen LogP contribution < -0.4 is 5.56 Å². The molecule has 0 spiro atoms. The summed E-state index contributed by atoms with van der Waals surface area (Å²) in [5.74, 6) is -0.370. The largest absolute Gasteiger partial charge is 0.336 e. The Morgan fingerprint density at radius 1 is 0.906 bits per heavy atom. The minimum atomic E-state index is -3.60. The average molecular weight is 452 g/mol. The minimum Gasteiger partial charge on any atom is -0.336 e. The van der Waals surface area contributed by atoms with E-state index in [0.29, 0.717) is 6.54 Å². The highest BCUT2D eigenvalue weighted by molar-refractivity contribution is 7.89. The number of pyridine rings is 1. The summed E-state index contributed by atoms with van der Waals surface area (Å²) in [5.41, 5.74) is 1.83. The quantitative estimate of drug-likeness (QED) is 0.597. The van der Waals surface area contributed by atoms with Crippen molar-refractivity contribution in [2.45, 2.75) is 18.4 Å². The molecule has 0 saturated carbocycles. The second-order valence-electron chi connectivity index (χ2n) is 7.85. The predicted octanol–water partition coefficient (Wildman–Crippen LogP) is 2.35. The van der Waals surface area contributed by atoms with Crippen LogP contribution in [0.15, 0.2) is 82.6 Å². The number of piperazine rings is 1. The van der Waals surface area contributed by atoms with E-state index in [-0.39, 0.29) is 48.1 Å². The number of hydrogen-bond donors (Lipinski definition) is 0. The lowest BCUT2D eigenvalue weighted by molar-refractivity contribution is 0.0695. The summed E-state index contributed by atoms with van der Waals surface area (Å²) in [6.45, 7) is 3.21. The van der Waals surface area contributed by atoms with Crippen molar-refractivity contribution in [3.63, 3.8) is 0 Å². The second-order valence-corrected chi connectivity index (χ2v) is 9.79. The number of carbonyl (C=O) groups excluding carboxylic acids is 1. The number of hydrogen-bond acceptors (Lipinski definition) is 4. The summed E-state index contributed by atoms with van der Waals surface area (Å²) in [6.07, 6.45) is 1.67. The van der Waals surface area contributed by atoms with Crippen LogP contribution in [0.25, 0.3) is 0 Å². The Hall–Kier alpha value is -3.23. The third-order valence-electron chi connectivity index (χ3n) is 5.59. The lowest BCUT2D eigenvalue weighted by Crippen LogP contribution is -2.51. The maximum Gasteiger partial charge on any atom is 0.263 e. The first-order chi connectivity index (χ1) is 15.4. The molecule has 0 atom stereocenters. The highest BCUT2D eigenvalue weighted by atomic mass is 32.2. The van der Waals surface area contributed by atoms with Crippen molar-refractivity contribution in [2.24, 2.45) is 0 Å². The highest BCUT2D eigenvalue weighted by Gasteiger charge is 2.31. The summed E-state index contributed by atoms with van der Waals surface area (Å²) < 4.78 is 28.5. The Labute approximate surface area is 187 Å². The topological polar surface area (TPSA) is 79.7 Å². The zero-order valence-electron chi connectivity index (χ0n) is 17.8. The van der Waals surface area contributed by atoms with E-state index in [4.69, 9.17) is 0 Å². The number of amides is 1. The van der Waals surface area contributed by atoms with E-state index in [2.05, 4.69) is 0 Å². The molecule has 32 heavy (non-hydrogen) atoms. The van der Waals surface area contributed by atoms with Crippen LogP contribution >= 0.6 is 0 Å². The Morgan fingerprint density at radius 2 is 1.62 bits per heavy atom. The number of aryl methyl sites for hydroxylation is 1. The SMILES string of the molecule is Cc1cccc(Cn2cccc(C(=O)N3CCN(S(=O)(=O)c4ccccc4)CC3)c2=O)c1. The number of benzene rings is 2. The Balaban J connectivity index is 1.47. The van der Waals surface area contributed by atoms with Gasteiger partial charge >= 0.3 is 0 Å². The van der Waals surface area contributed by atoms with Crippen molar-refractivity contribution >= 4 is 15.9 Å². The van der Waals surface area contributed by atoms with E-state index in [0.717, 1.165) is 11.1 Å². The molecule has 0 unspecified atom stereocenters. The molecule has 4 rings (SSSR count). The van der Waals surface area contributed by atoms with Gasteiger partial charge in [0.2, 0.25) is 10.0 Å². The van der Waals surface area contributed by atoms with E-state index >= 15 is 0 Å². The van der Waals surface area contributed by atoms with E-state index in [1.807, 2.05) is 31.2 Å². The molecule has 1 saturated heterocycles. The third kappa shape index (κ3) is 4.51. The molecule has 0 radical (unpaired) electrons. The van der Waals surface area contributed by atoms with Gasteiger partial charge < -0.3 is 9.47 Å². The summed E-state index contributed by atoms with van der Waals surface area (Å²) in [4.78, 5) is 27.8. The average Bonchev–Trinajstić information content (AvgIpc) is 2.81. The first-order valence-corrected chi connectivity index (χ1v) is 11.9. The van der Waals surface area contributed by atoms with Crippen molar-refractivity contribution in [1.29, 1.82) is 0 Å². The summed E-state index contributed by atoms with van der Waals surface area (Å²) in [5, 5.41) is 0.